The summed E-state index contributed by atoms with van der Waals surface area (Å²) < 4.78 is 0. The average Bonchev–Trinajstić information content (AvgIpc) is 3.48. The molecule has 0 unspecified atom stereocenters. The molecular formula is C55H47N. The van der Waals surface area contributed by atoms with E-state index in [4.69, 9.17) is 0 Å². The van der Waals surface area contributed by atoms with E-state index in [0.29, 0.717) is 0 Å². The summed E-state index contributed by atoms with van der Waals surface area (Å²) in [5.74, 6) is 0. The molecule has 7 aromatic carbocycles. The summed E-state index contributed by atoms with van der Waals surface area (Å²) in [5.41, 5.74) is 20.4. The second-order valence-corrected chi connectivity index (χ2v) is 15.0. The standard InChI is InChI=1S/C55H47N/c1-7-14-48(10-4)56(49-30-27-45(28-31-49)46-26-17-38(8-2)39(9-3)35-46)50-32-34-52-51-33-29-47(36-53(51)55(5,6)54(52)37-50)44-24-22-43(23-25-44)42-20-18-41(19-21-42)40-15-12-11-13-16-40/h7-37H,2-3H2,1,4-6H3/b14-7-,48-10+. The minimum Gasteiger partial charge on any atom is -0.311 e. The van der Waals surface area contributed by atoms with Gasteiger partial charge >= 0.3 is 0 Å². The molecule has 0 heterocycles. The van der Waals surface area contributed by atoms with Gasteiger partial charge in [0.1, 0.15) is 0 Å². The molecule has 0 saturated carbocycles. The van der Waals surface area contributed by atoms with Gasteiger partial charge in [0.25, 0.3) is 0 Å². The number of allylic oxidation sites excluding steroid dienone is 3. The summed E-state index contributed by atoms with van der Waals surface area (Å²) in [6, 6.07) is 57.7. The molecule has 1 aliphatic rings. The highest BCUT2D eigenvalue weighted by Gasteiger charge is 2.36. The van der Waals surface area contributed by atoms with Crippen LogP contribution in [-0.2, 0) is 5.41 Å². The van der Waals surface area contributed by atoms with E-state index in [1.54, 1.807) is 0 Å². The molecule has 0 radical (unpaired) electrons. The first-order valence-electron chi connectivity index (χ1n) is 19.5. The molecule has 1 aliphatic carbocycles. The van der Waals surface area contributed by atoms with Crippen LogP contribution in [0.2, 0.25) is 0 Å². The quantitative estimate of drug-likeness (QED) is 0.127. The lowest BCUT2D eigenvalue weighted by molar-refractivity contribution is 0.660. The Bertz CT molecular complexity index is 2620. The molecule has 272 valence electrons. The third-order valence-electron chi connectivity index (χ3n) is 11.3. The zero-order chi connectivity index (χ0) is 38.8. The van der Waals surface area contributed by atoms with Crippen LogP contribution in [0.15, 0.2) is 195 Å². The second-order valence-electron chi connectivity index (χ2n) is 15.0. The van der Waals surface area contributed by atoms with E-state index < -0.39 is 0 Å². The Morgan fingerprint density at radius 2 is 0.911 bits per heavy atom. The zero-order valence-electron chi connectivity index (χ0n) is 32.8. The monoisotopic (exact) mass is 721 g/mol. The summed E-state index contributed by atoms with van der Waals surface area (Å²) >= 11 is 0. The summed E-state index contributed by atoms with van der Waals surface area (Å²) in [7, 11) is 0. The number of fused-ring (bicyclic) bond motifs is 3. The smallest absolute Gasteiger partial charge is 0.0464 e. The molecule has 0 fully saturated rings. The van der Waals surface area contributed by atoms with Crippen LogP contribution in [0.3, 0.4) is 0 Å². The summed E-state index contributed by atoms with van der Waals surface area (Å²) in [6.45, 7) is 16.9. The topological polar surface area (TPSA) is 3.24 Å². The molecule has 0 atom stereocenters. The minimum absolute atomic E-state index is 0.177. The fraction of sp³-hybridized carbons (Fsp3) is 0.0909. The molecule has 8 rings (SSSR count). The van der Waals surface area contributed by atoms with E-state index in [2.05, 4.69) is 222 Å². The van der Waals surface area contributed by atoms with Crippen LogP contribution in [-0.4, -0.2) is 0 Å². The largest absolute Gasteiger partial charge is 0.311 e. The second kappa shape index (κ2) is 15.2. The molecule has 0 aliphatic heterocycles. The van der Waals surface area contributed by atoms with Crippen molar-refractivity contribution in [2.45, 2.75) is 33.1 Å². The van der Waals surface area contributed by atoms with Gasteiger partial charge in [-0.05, 0) is 134 Å². The maximum absolute atomic E-state index is 4.01. The van der Waals surface area contributed by atoms with Crippen molar-refractivity contribution < 1.29 is 0 Å². The third-order valence-corrected chi connectivity index (χ3v) is 11.3. The number of hydrogen-bond acceptors (Lipinski definition) is 1. The van der Waals surface area contributed by atoms with Gasteiger partial charge in [-0.1, -0.05) is 173 Å². The number of rotatable bonds is 10. The van der Waals surface area contributed by atoms with Crippen molar-refractivity contribution in [3.8, 4) is 55.6 Å². The highest BCUT2D eigenvalue weighted by Crippen LogP contribution is 2.51. The molecule has 1 heteroatoms. The van der Waals surface area contributed by atoms with Crippen molar-refractivity contribution in [3.05, 3.63) is 217 Å². The lowest BCUT2D eigenvalue weighted by atomic mass is 9.81. The first kappa shape index (κ1) is 36.3. The van der Waals surface area contributed by atoms with E-state index >= 15 is 0 Å². The van der Waals surface area contributed by atoms with E-state index in [1.165, 1.54) is 55.6 Å². The van der Waals surface area contributed by atoms with Gasteiger partial charge in [-0.25, -0.2) is 0 Å². The van der Waals surface area contributed by atoms with Crippen LogP contribution in [0.4, 0.5) is 11.4 Å². The number of benzene rings is 7. The summed E-state index contributed by atoms with van der Waals surface area (Å²) in [5, 5.41) is 0. The van der Waals surface area contributed by atoms with Gasteiger partial charge in [0.2, 0.25) is 0 Å². The molecule has 0 saturated heterocycles. The van der Waals surface area contributed by atoms with Gasteiger partial charge in [0.15, 0.2) is 0 Å². The molecule has 0 bridgehead atoms. The predicted molar refractivity (Wildman–Crippen MR) is 243 cm³/mol. The van der Waals surface area contributed by atoms with Crippen molar-refractivity contribution in [2.24, 2.45) is 0 Å². The predicted octanol–water partition coefficient (Wildman–Crippen LogP) is 15.6. The lowest BCUT2D eigenvalue weighted by Gasteiger charge is -2.29. The maximum atomic E-state index is 4.01. The molecule has 56 heavy (non-hydrogen) atoms. The molecular weight excluding hydrogens is 675 g/mol. The molecule has 7 aromatic rings. The first-order chi connectivity index (χ1) is 27.3. The van der Waals surface area contributed by atoms with Crippen molar-refractivity contribution in [1.29, 1.82) is 0 Å². The Balaban J connectivity index is 1.09. The van der Waals surface area contributed by atoms with Crippen LogP contribution in [0.25, 0.3) is 67.8 Å². The van der Waals surface area contributed by atoms with Crippen LogP contribution in [0.1, 0.15) is 49.9 Å². The summed E-state index contributed by atoms with van der Waals surface area (Å²) in [6.07, 6.45) is 10.2. The molecule has 0 spiro atoms. The van der Waals surface area contributed by atoms with Crippen LogP contribution >= 0.6 is 0 Å². The fourth-order valence-corrected chi connectivity index (χ4v) is 8.22. The van der Waals surface area contributed by atoms with E-state index in [1.807, 2.05) is 12.2 Å². The van der Waals surface area contributed by atoms with Crippen molar-refractivity contribution in [1.82, 2.24) is 0 Å². The molecule has 1 nitrogen and oxygen atoms in total. The Morgan fingerprint density at radius 3 is 1.46 bits per heavy atom. The highest BCUT2D eigenvalue weighted by molar-refractivity contribution is 5.87. The molecule has 0 amide bonds. The number of nitrogens with zero attached hydrogens (tertiary/aromatic N) is 1. The SMILES string of the molecule is C=Cc1ccc(-c2ccc(N(C(/C=C\C)=C/C)c3ccc4c(c3)C(C)(C)c3cc(-c5ccc(-c6ccc(-c7ccccc7)cc6)cc5)ccc3-4)cc2)cc1C=C. The molecule has 0 N–H and O–H groups in total. The van der Waals surface area contributed by atoms with Crippen LogP contribution in [0.5, 0.6) is 0 Å². The zero-order valence-corrected chi connectivity index (χ0v) is 32.8. The van der Waals surface area contributed by atoms with Crippen molar-refractivity contribution in [3.63, 3.8) is 0 Å². The van der Waals surface area contributed by atoms with Gasteiger partial charge in [-0.3, -0.25) is 0 Å². The normalized spacial score (nSPS) is 13.0. The minimum atomic E-state index is -0.177. The van der Waals surface area contributed by atoms with Crippen LogP contribution < -0.4 is 4.90 Å². The Kier molecular flexibility index (Phi) is 9.85. The third kappa shape index (κ3) is 6.67. The lowest BCUT2D eigenvalue weighted by Crippen LogP contribution is -2.18. The van der Waals surface area contributed by atoms with E-state index in [-0.39, 0.29) is 5.41 Å². The fourth-order valence-electron chi connectivity index (χ4n) is 8.22. The summed E-state index contributed by atoms with van der Waals surface area (Å²) in [4.78, 5) is 2.36. The van der Waals surface area contributed by atoms with Gasteiger partial charge in [-0.2, -0.15) is 0 Å². The Morgan fingerprint density at radius 1 is 0.464 bits per heavy atom. The molecule has 0 aromatic heterocycles. The highest BCUT2D eigenvalue weighted by atomic mass is 15.1. The number of anilines is 2. The van der Waals surface area contributed by atoms with Gasteiger partial charge in [-0.15, -0.1) is 0 Å². The maximum Gasteiger partial charge on any atom is 0.0464 e. The first-order valence-corrected chi connectivity index (χ1v) is 19.5. The van der Waals surface area contributed by atoms with E-state index in [0.717, 1.165) is 39.3 Å². The van der Waals surface area contributed by atoms with Crippen LogP contribution in [0, 0.1) is 0 Å². The van der Waals surface area contributed by atoms with Gasteiger partial charge in [0, 0.05) is 22.5 Å². The number of hydrogen-bond donors (Lipinski definition) is 0. The van der Waals surface area contributed by atoms with Crippen molar-refractivity contribution >= 4 is 23.5 Å². The van der Waals surface area contributed by atoms with E-state index in [9.17, 15) is 0 Å². The average molecular weight is 722 g/mol. The van der Waals surface area contributed by atoms with Gasteiger partial charge < -0.3 is 4.90 Å². The van der Waals surface area contributed by atoms with Crippen molar-refractivity contribution in [2.75, 3.05) is 4.90 Å². The Hall–Kier alpha value is -6.70. The van der Waals surface area contributed by atoms with Gasteiger partial charge in [0.05, 0.1) is 0 Å². The Labute approximate surface area is 333 Å².